The predicted molar refractivity (Wildman–Crippen MR) is 115 cm³/mol. The molecule has 0 radical (unpaired) electrons. The lowest BCUT2D eigenvalue weighted by atomic mass is 9.58. The summed E-state index contributed by atoms with van der Waals surface area (Å²) < 4.78 is 19.5. The smallest absolute Gasteiger partial charge is 0.123 e. The number of nitrogens with one attached hydrogen (secondary N) is 1. The molecule has 1 N–H and O–H groups in total. The first-order valence-corrected chi connectivity index (χ1v) is 10.4. The topological polar surface area (TPSA) is 28.3 Å². The lowest BCUT2D eigenvalue weighted by Crippen LogP contribution is -2.53. The Morgan fingerprint density at radius 2 is 2.21 bits per heavy atom. The van der Waals surface area contributed by atoms with Gasteiger partial charge >= 0.3 is 0 Å². The van der Waals surface area contributed by atoms with Crippen molar-refractivity contribution < 1.29 is 9.13 Å². The van der Waals surface area contributed by atoms with E-state index in [1.165, 1.54) is 16.8 Å². The molecule has 2 heterocycles. The molecule has 0 saturated carbocycles. The Morgan fingerprint density at radius 1 is 1.31 bits per heavy atom. The Balaban J connectivity index is 1.63. The van der Waals surface area contributed by atoms with E-state index in [0.29, 0.717) is 5.92 Å². The molecular formula is C25H27FN2O. The van der Waals surface area contributed by atoms with Crippen LogP contribution >= 0.6 is 0 Å². The van der Waals surface area contributed by atoms with Crippen LogP contribution in [-0.2, 0) is 18.3 Å². The van der Waals surface area contributed by atoms with E-state index < -0.39 is 0 Å². The molecule has 1 aromatic heterocycles. The Bertz CT molecular complexity index is 1070. The van der Waals surface area contributed by atoms with Crippen molar-refractivity contribution in [2.24, 2.45) is 5.92 Å². The van der Waals surface area contributed by atoms with Crippen LogP contribution in [-0.4, -0.2) is 36.6 Å². The quantitative estimate of drug-likeness (QED) is 0.645. The van der Waals surface area contributed by atoms with E-state index in [-0.39, 0.29) is 11.2 Å². The Hall–Kier alpha value is -2.59. The number of piperidine rings is 1. The highest BCUT2D eigenvalue weighted by molar-refractivity contribution is 5.85. The molecule has 0 spiro atoms. The van der Waals surface area contributed by atoms with Gasteiger partial charge in [0.25, 0.3) is 0 Å². The van der Waals surface area contributed by atoms with Crippen molar-refractivity contribution in [3.05, 3.63) is 77.8 Å². The van der Waals surface area contributed by atoms with Crippen LogP contribution in [0.5, 0.6) is 5.75 Å². The van der Waals surface area contributed by atoms with Crippen LogP contribution in [0.1, 0.15) is 23.2 Å². The van der Waals surface area contributed by atoms with Crippen LogP contribution in [0.4, 0.5) is 4.39 Å². The van der Waals surface area contributed by atoms with Crippen molar-refractivity contribution >= 4 is 10.9 Å². The third kappa shape index (κ3) is 2.98. The predicted octanol–water partition coefficient (Wildman–Crippen LogP) is 4.86. The van der Waals surface area contributed by atoms with E-state index in [4.69, 9.17) is 4.74 Å². The van der Waals surface area contributed by atoms with Gasteiger partial charge < -0.3 is 9.72 Å². The molecule has 0 bridgehead atoms. The first kappa shape index (κ1) is 18.4. The van der Waals surface area contributed by atoms with E-state index in [1.54, 1.807) is 19.2 Å². The molecule has 1 fully saturated rings. The van der Waals surface area contributed by atoms with Crippen molar-refractivity contribution in [3.8, 4) is 5.75 Å². The second kappa shape index (κ2) is 7.03. The zero-order chi connectivity index (χ0) is 20.0. The fraction of sp³-hybridized carbons (Fsp3) is 0.360. The molecule has 150 valence electrons. The van der Waals surface area contributed by atoms with Crippen LogP contribution in [0.15, 0.2) is 55.1 Å². The number of likely N-dealkylation sites (tertiary alicyclic amines) is 1. The monoisotopic (exact) mass is 390 g/mol. The molecule has 2 unspecified atom stereocenters. The number of methoxy groups -OCH3 is 1. The third-order valence-electron chi connectivity index (χ3n) is 7.07. The third-order valence-corrected chi connectivity index (χ3v) is 7.07. The number of aromatic amines is 1. The number of ether oxygens (including phenoxy) is 1. The number of hydrogen-bond acceptors (Lipinski definition) is 2. The van der Waals surface area contributed by atoms with E-state index >= 15 is 0 Å². The van der Waals surface area contributed by atoms with Crippen molar-refractivity contribution in [2.45, 2.75) is 24.7 Å². The number of fused-ring (bicyclic) bond motifs is 4. The highest BCUT2D eigenvalue weighted by Crippen LogP contribution is 2.49. The maximum atomic E-state index is 14.0. The molecule has 4 heteroatoms. The minimum Gasteiger partial charge on any atom is -0.497 e. The maximum Gasteiger partial charge on any atom is 0.123 e. The minimum atomic E-state index is -0.166. The number of H-pyrrole nitrogens is 1. The summed E-state index contributed by atoms with van der Waals surface area (Å²) in [6, 6.07) is 13.7. The zero-order valence-electron chi connectivity index (χ0n) is 16.9. The van der Waals surface area contributed by atoms with E-state index in [9.17, 15) is 4.39 Å². The molecule has 5 rings (SSSR count). The van der Waals surface area contributed by atoms with Crippen LogP contribution in [0.25, 0.3) is 10.9 Å². The van der Waals surface area contributed by atoms with Gasteiger partial charge in [-0.1, -0.05) is 18.2 Å². The highest BCUT2D eigenvalue weighted by atomic mass is 19.1. The van der Waals surface area contributed by atoms with Gasteiger partial charge in [0.15, 0.2) is 0 Å². The van der Waals surface area contributed by atoms with Gasteiger partial charge in [0.2, 0.25) is 0 Å². The Labute approximate surface area is 171 Å². The van der Waals surface area contributed by atoms with Gasteiger partial charge in [0.05, 0.1) is 7.11 Å². The molecule has 0 amide bonds. The SMILES string of the molecule is C=CCN1CCC2(c3cccc(OC)c3)Cc3[nH]c4ccc(F)cc4c3CC2C1. The number of aromatic nitrogens is 1. The summed E-state index contributed by atoms with van der Waals surface area (Å²) in [6.07, 6.45) is 5.01. The van der Waals surface area contributed by atoms with Crippen molar-refractivity contribution in [3.63, 3.8) is 0 Å². The molecule has 2 aliphatic rings. The molecule has 3 nitrogen and oxygen atoms in total. The Morgan fingerprint density at radius 3 is 3.03 bits per heavy atom. The molecule has 29 heavy (non-hydrogen) atoms. The van der Waals surface area contributed by atoms with Crippen LogP contribution < -0.4 is 4.74 Å². The maximum absolute atomic E-state index is 14.0. The molecule has 1 aliphatic carbocycles. The zero-order valence-corrected chi connectivity index (χ0v) is 16.9. The molecule has 2 aromatic carbocycles. The van der Waals surface area contributed by atoms with E-state index in [1.807, 2.05) is 18.2 Å². The van der Waals surface area contributed by atoms with Crippen LogP contribution in [0, 0.1) is 11.7 Å². The number of benzene rings is 2. The lowest BCUT2D eigenvalue weighted by molar-refractivity contribution is 0.0896. The summed E-state index contributed by atoms with van der Waals surface area (Å²) in [6.45, 7) is 6.94. The van der Waals surface area contributed by atoms with E-state index in [0.717, 1.165) is 55.5 Å². The fourth-order valence-electron chi connectivity index (χ4n) is 5.62. The van der Waals surface area contributed by atoms with Crippen molar-refractivity contribution in [1.29, 1.82) is 0 Å². The fourth-order valence-corrected chi connectivity index (χ4v) is 5.62. The van der Waals surface area contributed by atoms with Gasteiger partial charge in [0, 0.05) is 35.1 Å². The summed E-state index contributed by atoms with van der Waals surface area (Å²) in [5, 5.41) is 1.04. The average Bonchev–Trinajstić information content (AvgIpc) is 3.08. The summed E-state index contributed by atoms with van der Waals surface area (Å²) in [5.74, 6) is 1.22. The minimum absolute atomic E-state index is 0.0681. The van der Waals surface area contributed by atoms with Crippen molar-refractivity contribution in [1.82, 2.24) is 9.88 Å². The first-order valence-electron chi connectivity index (χ1n) is 10.4. The normalized spacial score (nSPS) is 24.1. The summed E-state index contributed by atoms with van der Waals surface area (Å²) >= 11 is 0. The second-order valence-electron chi connectivity index (χ2n) is 8.54. The van der Waals surface area contributed by atoms with Crippen LogP contribution in [0.3, 0.4) is 0 Å². The molecule has 1 saturated heterocycles. The van der Waals surface area contributed by atoms with E-state index in [2.05, 4.69) is 34.7 Å². The second-order valence-corrected chi connectivity index (χ2v) is 8.54. The lowest BCUT2D eigenvalue weighted by Gasteiger charge is -2.51. The molecule has 2 atom stereocenters. The van der Waals surface area contributed by atoms with Gasteiger partial charge in [-0.25, -0.2) is 4.39 Å². The van der Waals surface area contributed by atoms with Crippen molar-refractivity contribution in [2.75, 3.05) is 26.7 Å². The van der Waals surface area contributed by atoms with Gasteiger partial charge in [-0.3, -0.25) is 4.90 Å². The van der Waals surface area contributed by atoms with Gasteiger partial charge in [-0.05, 0) is 73.2 Å². The standard InChI is InChI=1S/C25H27FN2O/c1-3-10-28-11-9-25(17-5-4-6-20(12-17)29-2)15-24-21(13-18(25)16-28)22-14-19(26)7-8-23(22)27-24/h3-8,12,14,18,27H,1,9-11,13,15-16H2,2H3. The van der Waals surface area contributed by atoms with Gasteiger partial charge in [-0.2, -0.15) is 0 Å². The number of nitrogens with zero attached hydrogens (tertiary/aromatic N) is 1. The largest absolute Gasteiger partial charge is 0.497 e. The summed E-state index contributed by atoms with van der Waals surface area (Å²) in [5.41, 5.74) is 5.03. The number of hydrogen-bond donors (Lipinski definition) is 1. The first-order chi connectivity index (χ1) is 14.1. The molecule has 1 aliphatic heterocycles. The van der Waals surface area contributed by atoms with Crippen LogP contribution in [0.2, 0.25) is 0 Å². The number of halogens is 1. The molecule has 3 aromatic rings. The summed E-state index contributed by atoms with van der Waals surface area (Å²) in [4.78, 5) is 6.10. The number of rotatable bonds is 4. The highest BCUT2D eigenvalue weighted by Gasteiger charge is 2.48. The Kier molecular flexibility index (Phi) is 4.47. The molecular weight excluding hydrogens is 363 g/mol. The van der Waals surface area contributed by atoms with Gasteiger partial charge in [0.1, 0.15) is 11.6 Å². The van der Waals surface area contributed by atoms with Gasteiger partial charge in [-0.15, -0.1) is 6.58 Å². The summed E-state index contributed by atoms with van der Waals surface area (Å²) in [7, 11) is 1.73. The average molecular weight is 391 g/mol.